The molecular weight excluding hydrogens is 266 g/mol. The monoisotopic (exact) mass is 287 g/mol. The van der Waals surface area contributed by atoms with Crippen LogP contribution in [0.2, 0.25) is 0 Å². The summed E-state index contributed by atoms with van der Waals surface area (Å²) in [5, 5.41) is 7.96. The third kappa shape index (κ3) is 2.86. The van der Waals surface area contributed by atoms with Gasteiger partial charge >= 0.3 is 0 Å². The number of hydrogen-bond donors (Lipinski definition) is 1. The normalized spacial score (nSPS) is 13.8. The lowest BCUT2D eigenvalue weighted by molar-refractivity contribution is 0.375. The van der Waals surface area contributed by atoms with Gasteiger partial charge in [-0.15, -0.1) is 0 Å². The molecule has 0 aliphatic heterocycles. The van der Waals surface area contributed by atoms with Crippen LogP contribution < -0.4 is 5.32 Å². The van der Waals surface area contributed by atoms with Crippen molar-refractivity contribution in [3.63, 3.8) is 0 Å². The highest BCUT2D eigenvalue weighted by Gasteiger charge is 2.23. The van der Waals surface area contributed by atoms with Crippen molar-refractivity contribution in [2.24, 2.45) is 5.92 Å². The zero-order valence-electron chi connectivity index (χ0n) is 10.8. The highest BCUT2D eigenvalue weighted by atomic mass is 79.9. The van der Waals surface area contributed by atoms with Gasteiger partial charge in [0.1, 0.15) is 0 Å². The molecule has 0 saturated carbocycles. The predicted molar refractivity (Wildman–Crippen MR) is 71.6 cm³/mol. The summed E-state index contributed by atoms with van der Waals surface area (Å²) in [6, 6.07) is 0.741. The first-order chi connectivity index (χ1) is 7.49. The smallest absolute Gasteiger partial charge is 0.0701 e. The molecule has 0 saturated heterocycles. The lowest BCUT2D eigenvalue weighted by Gasteiger charge is -2.24. The van der Waals surface area contributed by atoms with Crippen LogP contribution >= 0.6 is 15.9 Å². The Balaban J connectivity index is 3.11. The molecule has 3 nitrogen and oxygen atoms in total. The topological polar surface area (TPSA) is 29.9 Å². The Hall–Kier alpha value is -0.350. The second kappa shape index (κ2) is 5.82. The van der Waals surface area contributed by atoms with Crippen LogP contribution in [0, 0.1) is 5.92 Å². The molecule has 0 spiro atoms. The minimum atomic E-state index is 0.351. The molecule has 1 heterocycles. The first-order valence-electron chi connectivity index (χ1n) is 5.95. The van der Waals surface area contributed by atoms with Gasteiger partial charge < -0.3 is 5.32 Å². The second-order valence-corrected chi connectivity index (χ2v) is 5.55. The van der Waals surface area contributed by atoms with E-state index in [1.807, 2.05) is 6.20 Å². The molecule has 1 unspecified atom stereocenters. The Morgan fingerprint density at radius 2 is 2.00 bits per heavy atom. The summed E-state index contributed by atoms with van der Waals surface area (Å²) < 4.78 is 3.19. The van der Waals surface area contributed by atoms with E-state index in [1.54, 1.807) is 0 Å². The lowest BCUT2D eigenvalue weighted by atomic mass is 10.0. The number of rotatable bonds is 5. The van der Waals surface area contributed by atoms with E-state index in [0.717, 1.165) is 11.0 Å². The molecule has 0 aliphatic carbocycles. The first-order valence-corrected chi connectivity index (χ1v) is 6.74. The van der Waals surface area contributed by atoms with Crippen LogP contribution in [0.1, 0.15) is 52.4 Å². The summed E-state index contributed by atoms with van der Waals surface area (Å²) in [4.78, 5) is 0. The summed E-state index contributed by atoms with van der Waals surface area (Å²) in [5.74, 6) is 0.547. The van der Waals surface area contributed by atoms with Crippen LogP contribution in [0.5, 0.6) is 0 Å². The maximum absolute atomic E-state index is 4.43. The van der Waals surface area contributed by atoms with Crippen LogP contribution in [0.25, 0.3) is 0 Å². The molecule has 1 aromatic heterocycles. The van der Waals surface area contributed by atoms with Gasteiger partial charge in [0, 0.05) is 6.04 Å². The number of aromatic nitrogens is 2. The molecule has 92 valence electrons. The van der Waals surface area contributed by atoms with Crippen LogP contribution in [0.3, 0.4) is 0 Å². The summed E-state index contributed by atoms with van der Waals surface area (Å²) in [5.41, 5.74) is 1.26. The summed E-state index contributed by atoms with van der Waals surface area (Å²) >= 11 is 3.60. The molecule has 0 fully saturated rings. The van der Waals surface area contributed by atoms with E-state index in [4.69, 9.17) is 0 Å². The number of nitrogens with one attached hydrogen (secondary N) is 1. The van der Waals surface area contributed by atoms with E-state index in [9.17, 15) is 0 Å². The fraction of sp³-hybridized carbons (Fsp3) is 0.750. The van der Waals surface area contributed by atoms with Crippen LogP contribution in [-0.4, -0.2) is 16.3 Å². The Morgan fingerprint density at radius 3 is 2.44 bits per heavy atom. The zero-order valence-corrected chi connectivity index (χ0v) is 12.4. The maximum Gasteiger partial charge on any atom is 0.0701 e. The number of hydrogen-bond acceptors (Lipinski definition) is 2. The Kier molecular flexibility index (Phi) is 4.99. The van der Waals surface area contributed by atoms with E-state index in [-0.39, 0.29) is 0 Å². The lowest BCUT2D eigenvalue weighted by Crippen LogP contribution is -2.28. The standard InChI is InChI=1S/C12H22BrN3/c1-6-14-11(8(2)3)12-10(13)7-15-16(12)9(4)5/h7-9,11,14H,6H2,1-5H3. The molecule has 0 amide bonds. The third-order valence-corrected chi connectivity index (χ3v) is 3.27. The highest BCUT2D eigenvalue weighted by Crippen LogP contribution is 2.30. The average molecular weight is 288 g/mol. The van der Waals surface area contributed by atoms with E-state index in [0.29, 0.717) is 18.0 Å². The third-order valence-electron chi connectivity index (χ3n) is 2.66. The molecule has 0 bridgehead atoms. The van der Waals surface area contributed by atoms with E-state index < -0.39 is 0 Å². The van der Waals surface area contributed by atoms with Crippen molar-refractivity contribution in [1.29, 1.82) is 0 Å². The second-order valence-electron chi connectivity index (χ2n) is 4.70. The average Bonchev–Trinajstić information content (AvgIpc) is 2.56. The summed E-state index contributed by atoms with van der Waals surface area (Å²) in [6.45, 7) is 11.9. The molecule has 0 aromatic carbocycles. The molecule has 0 radical (unpaired) electrons. The van der Waals surface area contributed by atoms with E-state index in [2.05, 4.69) is 65.6 Å². The fourth-order valence-corrected chi connectivity index (χ4v) is 2.44. The molecule has 1 rings (SSSR count). The zero-order chi connectivity index (χ0) is 12.3. The van der Waals surface area contributed by atoms with Crippen LogP contribution in [-0.2, 0) is 0 Å². The van der Waals surface area contributed by atoms with Gasteiger partial charge in [0.25, 0.3) is 0 Å². The van der Waals surface area contributed by atoms with Gasteiger partial charge in [0.2, 0.25) is 0 Å². The van der Waals surface area contributed by atoms with Crippen molar-refractivity contribution in [3.05, 3.63) is 16.4 Å². The molecule has 1 atom stereocenters. The highest BCUT2D eigenvalue weighted by molar-refractivity contribution is 9.10. The molecule has 16 heavy (non-hydrogen) atoms. The van der Waals surface area contributed by atoms with Gasteiger partial charge in [-0.3, -0.25) is 4.68 Å². The van der Waals surface area contributed by atoms with Gasteiger partial charge in [-0.1, -0.05) is 20.8 Å². The summed E-state index contributed by atoms with van der Waals surface area (Å²) in [7, 11) is 0. The van der Waals surface area contributed by atoms with Gasteiger partial charge in [-0.05, 0) is 42.2 Å². The molecule has 1 N–H and O–H groups in total. The van der Waals surface area contributed by atoms with Crippen molar-refractivity contribution in [2.75, 3.05) is 6.54 Å². The molecule has 0 aliphatic rings. The minimum Gasteiger partial charge on any atom is -0.309 e. The van der Waals surface area contributed by atoms with Crippen molar-refractivity contribution < 1.29 is 0 Å². The van der Waals surface area contributed by atoms with Gasteiger partial charge in [0.15, 0.2) is 0 Å². The Bertz CT molecular complexity index is 331. The van der Waals surface area contributed by atoms with Gasteiger partial charge in [0.05, 0.1) is 22.4 Å². The van der Waals surface area contributed by atoms with E-state index in [1.165, 1.54) is 5.69 Å². The Morgan fingerprint density at radius 1 is 1.38 bits per heavy atom. The Labute approximate surface area is 107 Å². The van der Waals surface area contributed by atoms with Crippen molar-refractivity contribution >= 4 is 15.9 Å². The van der Waals surface area contributed by atoms with Crippen molar-refractivity contribution in [2.45, 2.75) is 46.7 Å². The fourth-order valence-electron chi connectivity index (χ4n) is 1.92. The number of nitrogens with zero attached hydrogens (tertiary/aromatic N) is 2. The van der Waals surface area contributed by atoms with Crippen molar-refractivity contribution in [3.8, 4) is 0 Å². The van der Waals surface area contributed by atoms with E-state index >= 15 is 0 Å². The first kappa shape index (κ1) is 13.7. The summed E-state index contributed by atoms with van der Waals surface area (Å²) in [6.07, 6.45) is 1.89. The van der Waals surface area contributed by atoms with Crippen LogP contribution in [0.15, 0.2) is 10.7 Å². The molecule has 1 aromatic rings. The van der Waals surface area contributed by atoms with Crippen LogP contribution in [0.4, 0.5) is 0 Å². The largest absolute Gasteiger partial charge is 0.309 e. The van der Waals surface area contributed by atoms with Gasteiger partial charge in [-0.25, -0.2) is 0 Å². The van der Waals surface area contributed by atoms with Crippen molar-refractivity contribution in [1.82, 2.24) is 15.1 Å². The molecular formula is C12H22BrN3. The SMILES string of the molecule is CCNC(c1c(Br)cnn1C(C)C)C(C)C. The minimum absolute atomic E-state index is 0.351. The quantitative estimate of drug-likeness (QED) is 0.898. The predicted octanol–water partition coefficient (Wildman–Crippen LogP) is 3.53. The number of halogens is 1. The maximum atomic E-state index is 4.43. The van der Waals surface area contributed by atoms with Gasteiger partial charge in [-0.2, -0.15) is 5.10 Å². The molecule has 4 heteroatoms.